The molecule has 0 fully saturated rings. The van der Waals surface area contributed by atoms with E-state index in [1.165, 1.54) is 30.0 Å². The van der Waals surface area contributed by atoms with Crippen molar-refractivity contribution in [1.82, 2.24) is 0 Å². The van der Waals surface area contributed by atoms with E-state index >= 15 is 0 Å². The minimum absolute atomic E-state index is 0.434. The van der Waals surface area contributed by atoms with E-state index in [9.17, 15) is 0 Å². The molecule has 1 unspecified atom stereocenters. The van der Waals surface area contributed by atoms with E-state index in [4.69, 9.17) is 0 Å². The Morgan fingerprint density at radius 3 is 2.56 bits per heavy atom. The summed E-state index contributed by atoms with van der Waals surface area (Å²) in [7, 11) is 0. The molecule has 0 heterocycles. The molecule has 2 aromatic carbocycles. The molecule has 0 aromatic heterocycles. The summed E-state index contributed by atoms with van der Waals surface area (Å²) in [4.78, 5) is 0. The molecule has 18 heavy (non-hydrogen) atoms. The molecule has 1 atom stereocenters. The smallest absolute Gasteiger partial charge is 0.0149 e. The lowest BCUT2D eigenvalue weighted by atomic mass is 9.70. The number of aryl methyl sites for hydroxylation is 1. The Bertz CT molecular complexity index is 572. The number of benzene rings is 2. The molecule has 0 heteroatoms. The molecule has 0 nitrogen and oxygen atoms in total. The van der Waals surface area contributed by atoms with E-state index in [1.54, 1.807) is 11.1 Å². The van der Waals surface area contributed by atoms with Crippen LogP contribution in [0.2, 0.25) is 0 Å². The van der Waals surface area contributed by atoms with Crippen LogP contribution in [-0.2, 0) is 12.8 Å². The SMILES string of the molecule is CC(C)(C)C1CCc2c(ccc3ccccc23)C1. The number of hydrogen-bond acceptors (Lipinski definition) is 0. The lowest BCUT2D eigenvalue weighted by molar-refractivity contribution is 0.216. The molecule has 0 bridgehead atoms. The molecule has 2 aromatic rings. The molecular formula is C18H22. The second-order valence-electron chi connectivity index (χ2n) is 6.73. The number of hydrogen-bond donors (Lipinski definition) is 0. The van der Waals surface area contributed by atoms with E-state index < -0.39 is 0 Å². The third-order valence-corrected chi connectivity index (χ3v) is 4.57. The van der Waals surface area contributed by atoms with Gasteiger partial charge in [-0.3, -0.25) is 0 Å². The zero-order chi connectivity index (χ0) is 12.8. The summed E-state index contributed by atoms with van der Waals surface area (Å²) in [6, 6.07) is 13.5. The Morgan fingerprint density at radius 2 is 1.78 bits per heavy atom. The van der Waals surface area contributed by atoms with Gasteiger partial charge in [0.2, 0.25) is 0 Å². The molecule has 94 valence electrons. The highest BCUT2D eigenvalue weighted by Gasteiger charge is 2.29. The van der Waals surface area contributed by atoms with Crippen molar-refractivity contribution in [2.45, 2.75) is 40.0 Å². The summed E-state index contributed by atoms with van der Waals surface area (Å²) >= 11 is 0. The van der Waals surface area contributed by atoms with Crippen LogP contribution in [0.3, 0.4) is 0 Å². The first-order valence-electron chi connectivity index (χ1n) is 7.05. The first kappa shape index (κ1) is 11.8. The van der Waals surface area contributed by atoms with Gasteiger partial charge in [-0.2, -0.15) is 0 Å². The van der Waals surface area contributed by atoms with Crippen molar-refractivity contribution >= 4 is 10.8 Å². The van der Waals surface area contributed by atoms with Crippen molar-refractivity contribution in [2.75, 3.05) is 0 Å². The minimum Gasteiger partial charge on any atom is -0.0616 e. The zero-order valence-electron chi connectivity index (χ0n) is 11.7. The van der Waals surface area contributed by atoms with Crippen LogP contribution in [0.1, 0.15) is 38.3 Å². The average Bonchev–Trinajstić information content (AvgIpc) is 2.37. The summed E-state index contributed by atoms with van der Waals surface area (Å²) in [5.74, 6) is 0.825. The molecule has 0 saturated carbocycles. The van der Waals surface area contributed by atoms with Crippen LogP contribution >= 0.6 is 0 Å². The molecule has 0 spiro atoms. The highest BCUT2D eigenvalue weighted by molar-refractivity contribution is 5.87. The highest BCUT2D eigenvalue weighted by Crippen LogP contribution is 2.39. The van der Waals surface area contributed by atoms with Crippen molar-refractivity contribution < 1.29 is 0 Å². The van der Waals surface area contributed by atoms with E-state index in [0.717, 1.165) is 5.92 Å². The minimum atomic E-state index is 0.434. The largest absolute Gasteiger partial charge is 0.0616 e. The second-order valence-corrected chi connectivity index (χ2v) is 6.73. The molecule has 1 aliphatic rings. The standard InChI is InChI=1S/C18H22/c1-18(2,3)15-10-11-17-14(12-15)9-8-13-6-4-5-7-16(13)17/h4-9,15H,10-12H2,1-3H3. The lowest BCUT2D eigenvalue weighted by Gasteiger charge is -2.35. The van der Waals surface area contributed by atoms with Crippen LogP contribution in [0, 0.1) is 11.3 Å². The van der Waals surface area contributed by atoms with Crippen LogP contribution in [0.15, 0.2) is 36.4 Å². The van der Waals surface area contributed by atoms with Gasteiger partial charge in [0.1, 0.15) is 0 Å². The van der Waals surface area contributed by atoms with Gasteiger partial charge in [0.05, 0.1) is 0 Å². The van der Waals surface area contributed by atoms with Crippen LogP contribution in [0.4, 0.5) is 0 Å². The molecule has 3 rings (SSSR count). The first-order valence-corrected chi connectivity index (χ1v) is 7.05. The monoisotopic (exact) mass is 238 g/mol. The number of fused-ring (bicyclic) bond motifs is 3. The second kappa shape index (κ2) is 4.12. The summed E-state index contributed by atoms with van der Waals surface area (Å²) in [5.41, 5.74) is 3.62. The average molecular weight is 238 g/mol. The van der Waals surface area contributed by atoms with Crippen LogP contribution in [0.5, 0.6) is 0 Å². The van der Waals surface area contributed by atoms with Gasteiger partial charge in [-0.05, 0) is 52.5 Å². The summed E-state index contributed by atoms with van der Waals surface area (Å²) in [6.07, 6.45) is 3.84. The summed E-state index contributed by atoms with van der Waals surface area (Å²) in [6.45, 7) is 7.14. The molecule has 1 aliphatic carbocycles. The molecule has 0 amide bonds. The Balaban J connectivity index is 2.06. The van der Waals surface area contributed by atoms with Crippen LogP contribution in [-0.4, -0.2) is 0 Å². The fourth-order valence-electron chi connectivity index (χ4n) is 3.29. The molecule has 0 radical (unpaired) electrons. The van der Waals surface area contributed by atoms with Crippen LogP contribution in [0.25, 0.3) is 10.8 Å². The van der Waals surface area contributed by atoms with E-state index in [-0.39, 0.29) is 0 Å². The van der Waals surface area contributed by atoms with Gasteiger partial charge >= 0.3 is 0 Å². The number of rotatable bonds is 0. The van der Waals surface area contributed by atoms with Gasteiger partial charge < -0.3 is 0 Å². The van der Waals surface area contributed by atoms with Crippen LogP contribution < -0.4 is 0 Å². The topological polar surface area (TPSA) is 0 Å². The molecule has 0 saturated heterocycles. The van der Waals surface area contributed by atoms with E-state index in [2.05, 4.69) is 57.2 Å². The predicted octanol–water partition coefficient (Wildman–Crippen LogP) is 4.99. The molecule has 0 N–H and O–H groups in total. The fourth-order valence-corrected chi connectivity index (χ4v) is 3.29. The van der Waals surface area contributed by atoms with Gasteiger partial charge in [0.15, 0.2) is 0 Å². The first-order chi connectivity index (χ1) is 8.55. The van der Waals surface area contributed by atoms with Crippen molar-refractivity contribution in [3.63, 3.8) is 0 Å². The Morgan fingerprint density at radius 1 is 1.00 bits per heavy atom. The van der Waals surface area contributed by atoms with Crippen molar-refractivity contribution in [3.8, 4) is 0 Å². The van der Waals surface area contributed by atoms with Crippen molar-refractivity contribution in [2.24, 2.45) is 11.3 Å². The lowest BCUT2D eigenvalue weighted by Crippen LogP contribution is -2.26. The van der Waals surface area contributed by atoms with Gasteiger partial charge in [0.25, 0.3) is 0 Å². The molecule has 0 aliphatic heterocycles. The van der Waals surface area contributed by atoms with Gasteiger partial charge in [-0.1, -0.05) is 57.2 Å². The maximum atomic E-state index is 2.38. The fraction of sp³-hybridized carbons (Fsp3) is 0.444. The summed E-state index contributed by atoms with van der Waals surface area (Å²) in [5, 5.41) is 2.87. The Kier molecular flexibility index (Phi) is 2.69. The highest BCUT2D eigenvalue weighted by atomic mass is 14.3. The van der Waals surface area contributed by atoms with Crippen molar-refractivity contribution in [3.05, 3.63) is 47.5 Å². The van der Waals surface area contributed by atoms with Gasteiger partial charge in [0, 0.05) is 0 Å². The Hall–Kier alpha value is -1.30. The Labute approximate surface area is 110 Å². The summed E-state index contributed by atoms with van der Waals surface area (Å²) < 4.78 is 0. The zero-order valence-corrected chi connectivity index (χ0v) is 11.7. The molecular weight excluding hydrogens is 216 g/mol. The maximum absolute atomic E-state index is 2.38. The van der Waals surface area contributed by atoms with Gasteiger partial charge in [-0.25, -0.2) is 0 Å². The van der Waals surface area contributed by atoms with E-state index in [1.807, 2.05) is 0 Å². The maximum Gasteiger partial charge on any atom is -0.0149 e. The third kappa shape index (κ3) is 1.94. The van der Waals surface area contributed by atoms with Gasteiger partial charge in [-0.15, -0.1) is 0 Å². The van der Waals surface area contributed by atoms with E-state index in [0.29, 0.717) is 5.41 Å². The predicted molar refractivity (Wildman–Crippen MR) is 78.9 cm³/mol. The quantitative estimate of drug-likeness (QED) is 0.606. The third-order valence-electron chi connectivity index (χ3n) is 4.57. The normalized spacial score (nSPS) is 19.8. The van der Waals surface area contributed by atoms with Crippen molar-refractivity contribution in [1.29, 1.82) is 0 Å².